The van der Waals surface area contributed by atoms with E-state index in [1.165, 1.54) is 7.11 Å². The molecule has 0 bridgehead atoms. The smallest absolute Gasteiger partial charge is 0.266 e. The largest absolute Gasteiger partial charge is 0.399 e. The van der Waals surface area contributed by atoms with Crippen molar-refractivity contribution in [2.45, 2.75) is 0 Å². The maximum absolute atomic E-state index is 10.6. The number of primary amides is 1. The van der Waals surface area contributed by atoms with E-state index >= 15 is 0 Å². The van der Waals surface area contributed by atoms with E-state index in [2.05, 4.69) is 15.3 Å². The predicted octanol–water partition coefficient (Wildman–Crippen LogP) is -1.78. The molecule has 0 aliphatic carbocycles. The van der Waals surface area contributed by atoms with Crippen molar-refractivity contribution in [3.05, 3.63) is 0 Å². The van der Waals surface area contributed by atoms with Gasteiger partial charge in [-0.2, -0.15) is 0 Å². The molecule has 0 unspecified atom stereocenters. The Morgan fingerprint density at radius 3 is 2.82 bits per heavy atom. The molecule has 2 amide bonds. The maximum Gasteiger partial charge on any atom is 0.266 e. The minimum Gasteiger partial charge on any atom is -0.399 e. The van der Waals surface area contributed by atoms with Crippen LogP contribution in [0.4, 0.5) is 0 Å². The number of hydrogen-bond acceptors (Lipinski definition) is 4. The highest BCUT2D eigenvalue weighted by Gasteiger charge is 1.97. The number of rotatable bonds is 4. The van der Waals surface area contributed by atoms with Gasteiger partial charge in [-0.1, -0.05) is 5.16 Å². The zero-order valence-corrected chi connectivity index (χ0v) is 6.03. The van der Waals surface area contributed by atoms with Crippen LogP contribution in [0.5, 0.6) is 0 Å². The molecule has 0 heterocycles. The first-order valence-corrected chi connectivity index (χ1v) is 2.79. The van der Waals surface area contributed by atoms with Crippen LogP contribution in [-0.2, 0) is 14.4 Å². The standard InChI is InChI=1S/C5H9N3O3/c1-11-8-3-5(10)7-2-4(6)9/h3H,2H2,1H3,(H2,6,9)(H,7,10)/b8-3+. The highest BCUT2D eigenvalue weighted by molar-refractivity contribution is 6.26. The summed E-state index contributed by atoms with van der Waals surface area (Å²) in [6.45, 7) is -0.200. The van der Waals surface area contributed by atoms with E-state index in [1.54, 1.807) is 0 Å². The van der Waals surface area contributed by atoms with Crippen molar-refractivity contribution in [1.82, 2.24) is 5.32 Å². The van der Waals surface area contributed by atoms with E-state index in [4.69, 9.17) is 5.73 Å². The molecule has 0 fully saturated rings. The van der Waals surface area contributed by atoms with E-state index in [9.17, 15) is 9.59 Å². The van der Waals surface area contributed by atoms with Gasteiger partial charge in [0, 0.05) is 0 Å². The SMILES string of the molecule is CO/N=C/C(=O)NCC(N)=O. The molecular weight excluding hydrogens is 150 g/mol. The van der Waals surface area contributed by atoms with Gasteiger partial charge in [0.25, 0.3) is 5.91 Å². The Bertz CT molecular complexity index is 178. The number of hydrogen-bond donors (Lipinski definition) is 2. The fourth-order valence-corrected chi connectivity index (χ4v) is 0.320. The third-order valence-corrected chi connectivity index (χ3v) is 0.712. The summed E-state index contributed by atoms with van der Waals surface area (Å²) in [4.78, 5) is 24.9. The van der Waals surface area contributed by atoms with E-state index in [0.717, 1.165) is 6.21 Å². The summed E-state index contributed by atoms with van der Waals surface area (Å²) >= 11 is 0. The van der Waals surface area contributed by atoms with Gasteiger partial charge in [0.15, 0.2) is 0 Å². The average Bonchev–Trinajstić information content (AvgIpc) is 1.97. The summed E-state index contributed by atoms with van der Waals surface area (Å²) in [5, 5.41) is 5.33. The quantitative estimate of drug-likeness (QED) is 0.375. The number of oxime groups is 1. The molecule has 0 radical (unpaired) electrons. The van der Waals surface area contributed by atoms with Gasteiger partial charge in [-0.05, 0) is 0 Å². The Hall–Kier alpha value is -1.59. The second-order valence-corrected chi connectivity index (χ2v) is 1.60. The van der Waals surface area contributed by atoms with Crippen LogP contribution in [-0.4, -0.2) is 31.7 Å². The molecule has 0 aliphatic heterocycles. The van der Waals surface area contributed by atoms with Gasteiger partial charge in [0.05, 0.1) is 6.54 Å². The lowest BCUT2D eigenvalue weighted by molar-refractivity contribution is -0.121. The van der Waals surface area contributed by atoms with E-state index < -0.39 is 11.8 Å². The van der Waals surface area contributed by atoms with Gasteiger partial charge in [0.2, 0.25) is 5.91 Å². The second-order valence-electron chi connectivity index (χ2n) is 1.60. The second kappa shape index (κ2) is 5.21. The van der Waals surface area contributed by atoms with E-state index in [-0.39, 0.29) is 6.54 Å². The summed E-state index contributed by atoms with van der Waals surface area (Å²) in [6.07, 6.45) is 0.906. The number of nitrogens with two attached hydrogens (primary N) is 1. The van der Waals surface area contributed by atoms with Crippen molar-refractivity contribution in [3.8, 4) is 0 Å². The van der Waals surface area contributed by atoms with Crippen LogP contribution in [0.2, 0.25) is 0 Å². The number of nitrogens with one attached hydrogen (secondary N) is 1. The zero-order valence-electron chi connectivity index (χ0n) is 6.03. The summed E-state index contributed by atoms with van der Waals surface area (Å²) in [5.74, 6) is -1.13. The minimum atomic E-state index is -0.607. The lowest BCUT2D eigenvalue weighted by Crippen LogP contribution is -2.33. The first-order valence-electron chi connectivity index (χ1n) is 2.79. The fourth-order valence-electron chi connectivity index (χ4n) is 0.320. The van der Waals surface area contributed by atoms with Crippen molar-refractivity contribution in [2.75, 3.05) is 13.7 Å². The molecule has 6 heteroatoms. The van der Waals surface area contributed by atoms with Crippen LogP contribution < -0.4 is 11.1 Å². The van der Waals surface area contributed by atoms with Gasteiger partial charge < -0.3 is 15.9 Å². The Morgan fingerprint density at radius 2 is 2.36 bits per heavy atom. The van der Waals surface area contributed by atoms with Crippen LogP contribution in [0.25, 0.3) is 0 Å². The number of nitrogens with zero attached hydrogens (tertiary/aromatic N) is 1. The number of amides is 2. The maximum atomic E-state index is 10.6. The summed E-state index contributed by atoms with van der Waals surface area (Å²) in [6, 6.07) is 0. The molecule has 62 valence electrons. The van der Waals surface area contributed by atoms with Crippen molar-refractivity contribution < 1.29 is 14.4 Å². The molecule has 0 aromatic rings. The highest BCUT2D eigenvalue weighted by Crippen LogP contribution is 1.65. The number of carbonyl (C=O) groups excluding carboxylic acids is 2. The molecule has 0 rings (SSSR count). The fraction of sp³-hybridized carbons (Fsp3) is 0.400. The van der Waals surface area contributed by atoms with Crippen LogP contribution in [0.15, 0.2) is 5.16 Å². The van der Waals surface area contributed by atoms with Crippen LogP contribution in [0.3, 0.4) is 0 Å². The minimum absolute atomic E-state index is 0.200. The van der Waals surface area contributed by atoms with Crippen LogP contribution in [0.1, 0.15) is 0 Å². The molecule has 0 spiro atoms. The van der Waals surface area contributed by atoms with E-state index in [0.29, 0.717) is 0 Å². The van der Waals surface area contributed by atoms with Crippen molar-refractivity contribution >= 4 is 18.0 Å². The molecule has 3 N–H and O–H groups in total. The predicted molar refractivity (Wildman–Crippen MR) is 37.7 cm³/mol. The van der Waals surface area contributed by atoms with Gasteiger partial charge in [-0.15, -0.1) is 0 Å². The molecule has 0 aromatic carbocycles. The van der Waals surface area contributed by atoms with Crippen molar-refractivity contribution in [1.29, 1.82) is 0 Å². The Morgan fingerprint density at radius 1 is 1.73 bits per heavy atom. The van der Waals surface area contributed by atoms with Crippen molar-refractivity contribution in [2.24, 2.45) is 10.9 Å². The normalized spacial score (nSPS) is 9.55. The first-order chi connectivity index (χ1) is 5.16. The lowest BCUT2D eigenvalue weighted by atomic mass is 10.5. The van der Waals surface area contributed by atoms with Crippen LogP contribution in [0, 0.1) is 0 Å². The molecule has 6 nitrogen and oxygen atoms in total. The molecular formula is C5H9N3O3. The third-order valence-electron chi connectivity index (χ3n) is 0.712. The molecule has 0 atom stereocenters. The van der Waals surface area contributed by atoms with Gasteiger partial charge in [-0.3, -0.25) is 9.59 Å². The molecule has 0 saturated carbocycles. The van der Waals surface area contributed by atoms with E-state index in [1.807, 2.05) is 0 Å². The molecule has 0 aromatic heterocycles. The average molecular weight is 159 g/mol. The Labute approximate surface area is 63.4 Å². The summed E-state index contributed by atoms with van der Waals surface area (Å²) in [5.41, 5.74) is 4.74. The molecule has 11 heavy (non-hydrogen) atoms. The zero-order chi connectivity index (χ0) is 8.69. The highest BCUT2D eigenvalue weighted by atomic mass is 16.6. The monoisotopic (exact) mass is 159 g/mol. The summed E-state index contributed by atoms with van der Waals surface area (Å²) in [7, 11) is 1.30. The lowest BCUT2D eigenvalue weighted by Gasteiger charge is -1.94. The summed E-state index contributed by atoms with van der Waals surface area (Å²) < 4.78 is 0. The molecule has 0 aliphatic rings. The van der Waals surface area contributed by atoms with Crippen LogP contribution >= 0.6 is 0 Å². The van der Waals surface area contributed by atoms with Crippen molar-refractivity contribution in [3.63, 3.8) is 0 Å². The Balaban J connectivity index is 3.53. The molecule has 0 saturated heterocycles. The number of carbonyl (C=O) groups is 2. The topological polar surface area (TPSA) is 93.8 Å². The van der Waals surface area contributed by atoms with Gasteiger partial charge in [0.1, 0.15) is 13.3 Å². The van der Waals surface area contributed by atoms with Gasteiger partial charge in [-0.25, -0.2) is 0 Å². The Kier molecular flexibility index (Phi) is 4.46. The third kappa shape index (κ3) is 6.29. The first kappa shape index (κ1) is 9.41. The van der Waals surface area contributed by atoms with Gasteiger partial charge >= 0.3 is 0 Å².